The van der Waals surface area contributed by atoms with Crippen molar-refractivity contribution in [1.82, 2.24) is 15.1 Å². The third-order valence-corrected chi connectivity index (χ3v) is 5.15. The second kappa shape index (κ2) is 7.60. The molecule has 5 heteroatoms. The van der Waals surface area contributed by atoms with Crippen LogP contribution in [0.5, 0.6) is 0 Å². The van der Waals surface area contributed by atoms with Crippen molar-refractivity contribution >= 4 is 15.9 Å². The summed E-state index contributed by atoms with van der Waals surface area (Å²) >= 11 is 3.70. The molecule has 0 bridgehead atoms. The van der Waals surface area contributed by atoms with Crippen LogP contribution in [0.1, 0.15) is 35.2 Å². The molecule has 0 saturated carbocycles. The first-order valence-electron chi connectivity index (χ1n) is 8.19. The molecule has 1 atom stereocenters. The molecule has 0 amide bonds. The van der Waals surface area contributed by atoms with Crippen molar-refractivity contribution in [2.45, 2.75) is 45.9 Å². The molecule has 3 rings (SSSR count). The molecule has 0 spiro atoms. The first kappa shape index (κ1) is 16.7. The maximum absolute atomic E-state index is 5.84. The van der Waals surface area contributed by atoms with Gasteiger partial charge < -0.3 is 4.74 Å². The average molecular weight is 378 g/mol. The van der Waals surface area contributed by atoms with Gasteiger partial charge in [-0.25, -0.2) is 0 Å². The molecular weight excluding hydrogens is 354 g/mol. The molecule has 1 fully saturated rings. The van der Waals surface area contributed by atoms with Crippen LogP contribution in [0.4, 0.5) is 0 Å². The molecule has 124 valence electrons. The fourth-order valence-electron chi connectivity index (χ4n) is 3.06. The van der Waals surface area contributed by atoms with Gasteiger partial charge in [-0.1, -0.05) is 28.1 Å². The van der Waals surface area contributed by atoms with E-state index in [-0.39, 0.29) is 0 Å². The Morgan fingerprint density at radius 3 is 2.78 bits per heavy atom. The van der Waals surface area contributed by atoms with Gasteiger partial charge in [0.1, 0.15) is 0 Å². The lowest BCUT2D eigenvalue weighted by molar-refractivity contribution is 0.0678. The van der Waals surface area contributed by atoms with Crippen LogP contribution < -0.4 is 0 Å². The van der Waals surface area contributed by atoms with Crippen LogP contribution in [0, 0.1) is 13.8 Å². The number of rotatable bonds is 6. The van der Waals surface area contributed by atoms with Crippen LogP contribution >= 0.6 is 15.9 Å². The molecule has 1 unspecified atom stereocenters. The predicted octanol–water partition coefficient (Wildman–Crippen LogP) is 3.97. The lowest BCUT2D eigenvalue weighted by atomic mass is 10.1. The van der Waals surface area contributed by atoms with E-state index in [0.29, 0.717) is 6.10 Å². The summed E-state index contributed by atoms with van der Waals surface area (Å²) in [5.41, 5.74) is 4.99. The highest BCUT2D eigenvalue weighted by atomic mass is 79.9. The molecule has 2 heterocycles. The van der Waals surface area contributed by atoms with Crippen molar-refractivity contribution < 1.29 is 4.74 Å². The van der Waals surface area contributed by atoms with Crippen LogP contribution in [-0.2, 0) is 17.8 Å². The van der Waals surface area contributed by atoms with Gasteiger partial charge in [-0.3, -0.25) is 10.00 Å². The number of aromatic amines is 1. The third-order valence-electron chi connectivity index (χ3n) is 4.42. The monoisotopic (exact) mass is 377 g/mol. The van der Waals surface area contributed by atoms with Gasteiger partial charge in [-0.05, 0) is 43.9 Å². The number of aryl methyl sites for hydroxylation is 2. The molecule has 1 aromatic carbocycles. The second-order valence-electron chi connectivity index (χ2n) is 6.42. The number of hydrogen-bond acceptors (Lipinski definition) is 3. The summed E-state index contributed by atoms with van der Waals surface area (Å²) in [6.07, 6.45) is 4.63. The van der Waals surface area contributed by atoms with Crippen molar-refractivity contribution in [3.05, 3.63) is 51.3 Å². The summed E-state index contributed by atoms with van der Waals surface area (Å²) in [4.78, 5) is 2.46. The minimum Gasteiger partial charge on any atom is -0.377 e. The number of ether oxygens (including phenoxy) is 1. The first-order chi connectivity index (χ1) is 11.1. The lowest BCUT2D eigenvalue weighted by Crippen LogP contribution is -2.31. The molecule has 0 radical (unpaired) electrons. The number of hydrogen-bond donors (Lipinski definition) is 1. The Morgan fingerprint density at radius 2 is 2.13 bits per heavy atom. The first-order valence-corrected chi connectivity index (χ1v) is 8.99. The van der Waals surface area contributed by atoms with Gasteiger partial charge in [-0.15, -0.1) is 0 Å². The number of halogens is 1. The molecule has 2 aromatic rings. The number of benzene rings is 1. The number of aromatic nitrogens is 2. The van der Waals surface area contributed by atoms with E-state index in [0.717, 1.165) is 38.4 Å². The lowest BCUT2D eigenvalue weighted by Gasteiger charge is -2.25. The van der Waals surface area contributed by atoms with E-state index in [1.54, 1.807) is 0 Å². The summed E-state index contributed by atoms with van der Waals surface area (Å²) in [5, 5.41) is 7.18. The quantitative estimate of drug-likeness (QED) is 0.827. The Labute approximate surface area is 146 Å². The molecule has 1 saturated heterocycles. The van der Waals surface area contributed by atoms with E-state index in [2.05, 4.69) is 63.1 Å². The SMILES string of the molecule is Cc1ccc(CN(Cc2cn[nH]c2C)CC2CCCO2)c(Br)c1. The zero-order valence-electron chi connectivity index (χ0n) is 13.8. The largest absolute Gasteiger partial charge is 0.377 e. The van der Waals surface area contributed by atoms with E-state index in [1.807, 2.05) is 6.20 Å². The van der Waals surface area contributed by atoms with E-state index >= 15 is 0 Å². The highest BCUT2D eigenvalue weighted by molar-refractivity contribution is 9.10. The fourth-order valence-corrected chi connectivity index (χ4v) is 3.68. The van der Waals surface area contributed by atoms with Crippen molar-refractivity contribution in [2.75, 3.05) is 13.2 Å². The predicted molar refractivity (Wildman–Crippen MR) is 95.3 cm³/mol. The molecule has 1 N–H and O–H groups in total. The van der Waals surface area contributed by atoms with Crippen LogP contribution in [0.2, 0.25) is 0 Å². The molecule has 1 aliphatic heterocycles. The van der Waals surface area contributed by atoms with Gasteiger partial charge in [0.05, 0.1) is 12.3 Å². The molecule has 23 heavy (non-hydrogen) atoms. The van der Waals surface area contributed by atoms with Gasteiger partial charge in [0.2, 0.25) is 0 Å². The third kappa shape index (κ3) is 4.43. The molecule has 4 nitrogen and oxygen atoms in total. The molecule has 0 aliphatic carbocycles. The number of nitrogens with zero attached hydrogens (tertiary/aromatic N) is 2. The van der Waals surface area contributed by atoms with Crippen molar-refractivity contribution in [3.8, 4) is 0 Å². The Kier molecular flexibility index (Phi) is 5.51. The molecule has 1 aliphatic rings. The number of nitrogens with one attached hydrogen (secondary N) is 1. The normalized spacial score (nSPS) is 18.0. The van der Waals surface area contributed by atoms with Gasteiger partial charge >= 0.3 is 0 Å². The minimum absolute atomic E-state index is 0.353. The summed E-state index contributed by atoms with van der Waals surface area (Å²) in [5.74, 6) is 0. The van der Waals surface area contributed by atoms with E-state index in [4.69, 9.17) is 4.74 Å². The topological polar surface area (TPSA) is 41.2 Å². The zero-order chi connectivity index (χ0) is 16.2. The Morgan fingerprint density at radius 1 is 1.30 bits per heavy atom. The summed E-state index contributed by atoms with van der Waals surface area (Å²) in [7, 11) is 0. The van der Waals surface area contributed by atoms with Crippen LogP contribution in [-0.4, -0.2) is 34.4 Å². The minimum atomic E-state index is 0.353. The molecule has 1 aromatic heterocycles. The van der Waals surface area contributed by atoms with Gasteiger partial charge in [0.15, 0.2) is 0 Å². The average Bonchev–Trinajstić information content (AvgIpc) is 3.15. The summed E-state index contributed by atoms with van der Waals surface area (Å²) in [6.45, 7) is 7.86. The number of H-pyrrole nitrogens is 1. The van der Waals surface area contributed by atoms with Crippen molar-refractivity contribution in [2.24, 2.45) is 0 Å². The van der Waals surface area contributed by atoms with E-state index < -0.39 is 0 Å². The van der Waals surface area contributed by atoms with E-state index in [1.165, 1.54) is 27.6 Å². The van der Waals surface area contributed by atoms with E-state index in [9.17, 15) is 0 Å². The summed E-state index contributed by atoms with van der Waals surface area (Å²) in [6, 6.07) is 6.57. The van der Waals surface area contributed by atoms with Crippen LogP contribution in [0.3, 0.4) is 0 Å². The van der Waals surface area contributed by atoms with Gasteiger partial charge in [0.25, 0.3) is 0 Å². The Hall–Kier alpha value is -1.17. The smallest absolute Gasteiger partial charge is 0.0703 e. The van der Waals surface area contributed by atoms with Crippen LogP contribution in [0.15, 0.2) is 28.9 Å². The standard InChI is InChI=1S/C18H24BrN3O/c1-13-5-6-15(18(19)8-13)10-22(12-17-4-3-7-23-17)11-16-9-20-21-14(16)2/h5-6,8-9,17H,3-4,7,10-12H2,1-2H3,(H,20,21). The van der Waals surface area contributed by atoms with Gasteiger partial charge in [-0.2, -0.15) is 5.10 Å². The van der Waals surface area contributed by atoms with Crippen LogP contribution in [0.25, 0.3) is 0 Å². The Bertz CT molecular complexity index is 649. The maximum atomic E-state index is 5.84. The Balaban J connectivity index is 1.74. The fraction of sp³-hybridized carbons (Fsp3) is 0.500. The summed E-state index contributed by atoms with van der Waals surface area (Å²) < 4.78 is 7.02. The van der Waals surface area contributed by atoms with Crippen molar-refractivity contribution in [1.29, 1.82) is 0 Å². The van der Waals surface area contributed by atoms with Crippen molar-refractivity contribution in [3.63, 3.8) is 0 Å². The highest BCUT2D eigenvalue weighted by Crippen LogP contribution is 2.23. The maximum Gasteiger partial charge on any atom is 0.0703 e. The zero-order valence-corrected chi connectivity index (χ0v) is 15.4. The second-order valence-corrected chi connectivity index (χ2v) is 7.27. The highest BCUT2D eigenvalue weighted by Gasteiger charge is 2.21. The van der Waals surface area contributed by atoms with Gasteiger partial charge in [0, 0.05) is 42.0 Å². The molecular formula is C18H24BrN3O.